The average molecular weight is 320 g/mol. The molecule has 0 unspecified atom stereocenters. The second-order valence-electron chi connectivity index (χ2n) is 4.49. The highest BCUT2D eigenvalue weighted by Gasteiger charge is 2.31. The van der Waals surface area contributed by atoms with E-state index in [4.69, 9.17) is 21.4 Å². The normalized spacial score (nSPS) is 20.8. The Balaban J connectivity index is 2.43. The lowest BCUT2D eigenvalue weighted by molar-refractivity contribution is 0.0102. The van der Waals surface area contributed by atoms with Crippen LogP contribution in [-0.2, 0) is 14.8 Å². The third-order valence-electron chi connectivity index (χ3n) is 3.00. The van der Waals surface area contributed by atoms with Gasteiger partial charge in [-0.05, 0) is 25.1 Å². The number of rotatable bonds is 3. The monoisotopic (exact) mass is 319 g/mol. The fourth-order valence-electron chi connectivity index (χ4n) is 1.98. The van der Waals surface area contributed by atoms with Gasteiger partial charge in [0.25, 0.3) is 0 Å². The molecule has 1 aliphatic rings. The Labute approximate surface area is 122 Å². The first-order chi connectivity index (χ1) is 9.32. The number of ether oxygens (including phenoxy) is 1. The van der Waals surface area contributed by atoms with Crippen molar-refractivity contribution in [2.45, 2.75) is 17.9 Å². The van der Waals surface area contributed by atoms with E-state index in [9.17, 15) is 13.2 Å². The first-order valence-electron chi connectivity index (χ1n) is 5.97. The molecule has 2 rings (SSSR count). The molecule has 1 atom stereocenters. The van der Waals surface area contributed by atoms with Crippen LogP contribution < -0.4 is 0 Å². The topological polar surface area (TPSA) is 83.9 Å². The molecule has 20 heavy (non-hydrogen) atoms. The van der Waals surface area contributed by atoms with Gasteiger partial charge in [0.05, 0.1) is 23.3 Å². The first kappa shape index (κ1) is 15.2. The van der Waals surface area contributed by atoms with Gasteiger partial charge in [0, 0.05) is 13.1 Å². The maximum Gasteiger partial charge on any atom is 0.335 e. The lowest BCUT2D eigenvalue weighted by Gasteiger charge is -2.30. The molecule has 6 nitrogen and oxygen atoms in total. The summed E-state index contributed by atoms with van der Waals surface area (Å²) in [5.74, 6) is -1.20. The van der Waals surface area contributed by atoms with Gasteiger partial charge in [-0.15, -0.1) is 0 Å². The fraction of sp³-hybridized carbons (Fsp3) is 0.417. The predicted octanol–water partition coefficient (Wildman–Crippen LogP) is 1.45. The van der Waals surface area contributed by atoms with Crippen LogP contribution in [0.3, 0.4) is 0 Å². The number of benzene rings is 1. The number of halogens is 1. The van der Waals surface area contributed by atoms with Crippen molar-refractivity contribution >= 4 is 27.6 Å². The summed E-state index contributed by atoms with van der Waals surface area (Å²) in [4.78, 5) is 10.8. The van der Waals surface area contributed by atoms with Crippen LogP contribution in [0.25, 0.3) is 0 Å². The Morgan fingerprint density at radius 3 is 2.80 bits per heavy atom. The molecule has 1 N–H and O–H groups in total. The number of sulfonamides is 1. The number of carboxylic acids is 1. The van der Waals surface area contributed by atoms with Crippen molar-refractivity contribution in [2.24, 2.45) is 0 Å². The molecule has 1 aromatic carbocycles. The van der Waals surface area contributed by atoms with E-state index in [0.29, 0.717) is 6.61 Å². The molecule has 110 valence electrons. The highest BCUT2D eigenvalue weighted by molar-refractivity contribution is 7.89. The summed E-state index contributed by atoms with van der Waals surface area (Å²) in [5.41, 5.74) is -0.116. The molecule has 0 aliphatic carbocycles. The van der Waals surface area contributed by atoms with E-state index >= 15 is 0 Å². The zero-order valence-electron chi connectivity index (χ0n) is 10.7. The number of carboxylic acid groups (broad SMARTS) is 1. The molecule has 1 aliphatic heterocycles. The zero-order valence-corrected chi connectivity index (χ0v) is 12.3. The average Bonchev–Trinajstić information content (AvgIpc) is 2.38. The summed E-state index contributed by atoms with van der Waals surface area (Å²) in [6.45, 7) is 2.52. The number of aromatic carboxylic acids is 1. The van der Waals surface area contributed by atoms with Crippen LogP contribution in [0.4, 0.5) is 0 Å². The van der Waals surface area contributed by atoms with Crippen LogP contribution in [0.5, 0.6) is 0 Å². The summed E-state index contributed by atoms with van der Waals surface area (Å²) < 4.78 is 31.6. The zero-order chi connectivity index (χ0) is 14.9. The third kappa shape index (κ3) is 2.95. The number of morpholine rings is 1. The number of hydrogen-bond donors (Lipinski definition) is 1. The minimum atomic E-state index is -3.82. The van der Waals surface area contributed by atoms with E-state index in [0.717, 1.165) is 6.07 Å². The number of carbonyl (C=O) groups is 1. The molecule has 8 heteroatoms. The summed E-state index contributed by atoms with van der Waals surface area (Å²) in [5, 5.41) is 8.96. The predicted molar refractivity (Wildman–Crippen MR) is 72.6 cm³/mol. The third-order valence-corrected chi connectivity index (χ3v) is 5.35. The van der Waals surface area contributed by atoms with Gasteiger partial charge in [-0.3, -0.25) is 0 Å². The molecule has 1 heterocycles. The van der Waals surface area contributed by atoms with E-state index in [1.807, 2.05) is 0 Å². The summed E-state index contributed by atoms with van der Waals surface area (Å²) >= 11 is 5.91. The van der Waals surface area contributed by atoms with Gasteiger partial charge in [-0.25, -0.2) is 13.2 Å². The molecule has 1 fully saturated rings. The van der Waals surface area contributed by atoms with E-state index < -0.39 is 16.0 Å². The summed E-state index contributed by atoms with van der Waals surface area (Å²) in [6, 6.07) is 3.63. The highest BCUT2D eigenvalue weighted by Crippen LogP contribution is 2.27. The second-order valence-corrected chi connectivity index (χ2v) is 6.81. The minimum absolute atomic E-state index is 0.00847. The quantitative estimate of drug-likeness (QED) is 0.911. The molecule has 0 saturated carbocycles. The van der Waals surface area contributed by atoms with Crippen molar-refractivity contribution in [3.63, 3.8) is 0 Å². The molecule has 0 amide bonds. The van der Waals surface area contributed by atoms with Crippen LogP contribution in [0.2, 0.25) is 5.02 Å². The van der Waals surface area contributed by atoms with Crippen LogP contribution >= 0.6 is 11.6 Å². The van der Waals surface area contributed by atoms with Gasteiger partial charge in [0.1, 0.15) is 4.90 Å². The van der Waals surface area contributed by atoms with Gasteiger partial charge in [0.15, 0.2) is 0 Å². The van der Waals surface area contributed by atoms with Crippen molar-refractivity contribution < 1.29 is 23.1 Å². The molecular weight excluding hydrogens is 306 g/mol. The minimum Gasteiger partial charge on any atom is -0.478 e. The lowest BCUT2D eigenvalue weighted by Crippen LogP contribution is -2.44. The first-order valence-corrected chi connectivity index (χ1v) is 7.79. The Morgan fingerprint density at radius 1 is 1.50 bits per heavy atom. The SMILES string of the molecule is C[C@@H]1CN(S(=O)(=O)c2cc(C(=O)O)ccc2Cl)CCO1. The lowest BCUT2D eigenvalue weighted by atomic mass is 10.2. The van der Waals surface area contributed by atoms with E-state index in [-0.39, 0.29) is 34.7 Å². The second kappa shape index (κ2) is 5.69. The van der Waals surface area contributed by atoms with Gasteiger partial charge in [-0.1, -0.05) is 11.6 Å². The van der Waals surface area contributed by atoms with Crippen molar-refractivity contribution in [2.75, 3.05) is 19.7 Å². The standard InChI is InChI=1S/C12H14ClNO5S/c1-8-7-14(4-5-19-8)20(17,18)11-6-9(12(15)16)2-3-10(11)13/h2-3,6,8H,4-5,7H2,1H3,(H,15,16)/t8-/m1/s1. The van der Waals surface area contributed by atoms with Gasteiger partial charge in [-0.2, -0.15) is 4.31 Å². The van der Waals surface area contributed by atoms with E-state index in [1.165, 1.54) is 16.4 Å². The van der Waals surface area contributed by atoms with Gasteiger partial charge < -0.3 is 9.84 Å². The number of hydrogen-bond acceptors (Lipinski definition) is 4. The maximum absolute atomic E-state index is 12.5. The van der Waals surface area contributed by atoms with Crippen LogP contribution in [0, 0.1) is 0 Å². The largest absolute Gasteiger partial charge is 0.478 e. The van der Waals surface area contributed by atoms with Crippen LogP contribution in [0.1, 0.15) is 17.3 Å². The summed E-state index contributed by atoms with van der Waals surface area (Å²) in [7, 11) is -3.82. The maximum atomic E-state index is 12.5. The molecular formula is C12H14ClNO5S. The Kier molecular flexibility index (Phi) is 4.33. The van der Waals surface area contributed by atoms with E-state index in [2.05, 4.69) is 0 Å². The molecule has 1 saturated heterocycles. The van der Waals surface area contributed by atoms with E-state index in [1.54, 1.807) is 6.92 Å². The summed E-state index contributed by atoms with van der Waals surface area (Å²) in [6.07, 6.45) is -0.208. The molecule has 1 aromatic rings. The molecule has 0 bridgehead atoms. The van der Waals surface area contributed by atoms with Gasteiger partial charge >= 0.3 is 5.97 Å². The molecule has 0 aromatic heterocycles. The molecule has 0 spiro atoms. The Hall–Kier alpha value is -1.15. The highest BCUT2D eigenvalue weighted by atomic mass is 35.5. The van der Waals surface area contributed by atoms with Crippen LogP contribution in [-0.4, -0.2) is 49.6 Å². The van der Waals surface area contributed by atoms with Gasteiger partial charge in [0.2, 0.25) is 10.0 Å². The Bertz CT molecular complexity index is 631. The molecule has 0 radical (unpaired) electrons. The van der Waals surface area contributed by atoms with Crippen molar-refractivity contribution in [3.8, 4) is 0 Å². The fourth-order valence-corrected chi connectivity index (χ4v) is 3.98. The number of nitrogens with zero attached hydrogens (tertiary/aromatic N) is 1. The van der Waals surface area contributed by atoms with Crippen molar-refractivity contribution in [1.29, 1.82) is 0 Å². The Morgan fingerprint density at radius 2 is 2.20 bits per heavy atom. The van der Waals surface area contributed by atoms with Crippen molar-refractivity contribution in [1.82, 2.24) is 4.31 Å². The smallest absolute Gasteiger partial charge is 0.335 e. The van der Waals surface area contributed by atoms with Crippen LogP contribution in [0.15, 0.2) is 23.1 Å². The van der Waals surface area contributed by atoms with Crippen molar-refractivity contribution in [3.05, 3.63) is 28.8 Å².